The third-order valence-corrected chi connectivity index (χ3v) is 2.26. The molecule has 1 aromatic carbocycles. The Hall–Kier alpha value is -1.44. The van der Waals surface area contributed by atoms with Crippen molar-refractivity contribution in [2.75, 3.05) is 14.2 Å². The van der Waals surface area contributed by atoms with E-state index in [1.807, 2.05) is 38.1 Å². The molecule has 76 valence electrons. The van der Waals surface area contributed by atoms with Gasteiger partial charge in [-0.15, -0.1) is 0 Å². The normalized spacial score (nSPS) is 11.3. The summed E-state index contributed by atoms with van der Waals surface area (Å²) in [6.07, 6.45) is 2.04. The maximum absolute atomic E-state index is 5.29. The zero-order chi connectivity index (χ0) is 10.6. The minimum absolute atomic E-state index is 0.847. The number of benzene rings is 1. The molecule has 0 fully saturated rings. The molecule has 0 atom stereocenters. The van der Waals surface area contributed by atoms with Crippen molar-refractivity contribution in [2.45, 2.75) is 13.8 Å². The predicted octanol–water partition coefficient (Wildman–Crippen LogP) is 3.13. The van der Waals surface area contributed by atoms with Gasteiger partial charge in [-0.1, -0.05) is 12.1 Å². The summed E-state index contributed by atoms with van der Waals surface area (Å²) in [7, 11) is 3.34. The fraction of sp³-hybridized carbons (Fsp3) is 0.333. The van der Waals surface area contributed by atoms with Crippen LogP contribution in [-0.4, -0.2) is 14.2 Å². The number of hydrogen-bond donors (Lipinski definition) is 0. The Labute approximate surface area is 85.2 Å². The molecule has 0 radical (unpaired) electrons. The monoisotopic (exact) mass is 192 g/mol. The molecule has 0 N–H and O–H groups in total. The molecule has 0 spiro atoms. The van der Waals surface area contributed by atoms with E-state index in [4.69, 9.17) is 9.47 Å². The molecular formula is C12H16O2. The van der Waals surface area contributed by atoms with Gasteiger partial charge in [0.2, 0.25) is 0 Å². The van der Waals surface area contributed by atoms with Crippen LogP contribution in [0.3, 0.4) is 0 Å². The Balaban J connectivity index is 3.33. The number of allylic oxidation sites excluding steroid dienone is 2. The molecule has 0 unspecified atom stereocenters. The van der Waals surface area contributed by atoms with Gasteiger partial charge >= 0.3 is 0 Å². The van der Waals surface area contributed by atoms with Gasteiger partial charge in [0.1, 0.15) is 11.5 Å². The van der Waals surface area contributed by atoms with Gasteiger partial charge in [-0.25, -0.2) is 0 Å². The fourth-order valence-electron chi connectivity index (χ4n) is 1.38. The summed E-state index contributed by atoms with van der Waals surface area (Å²) in [5.74, 6) is 1.69. The summed E-state index contributed by atoms with van der Waals surface area (Å²) in [5, 5.41) is 0. The summed E-state index contributed by atoms with van der Waals surface area (Å²) in [5.41, 5.74) is 2.18. The summed E-state index contributed by atoms with van der Waals surface area (Å²) in [6, 6.07) is 5.79. The van der Waals surface area contributed by atoms with Crippen molar-refractivity contribution in [3.8, 4) is 11.5 Å². The highest BCUT2D eigenvalue weighted by Gasteiger charge is 2.10. The van der Waals surface area contributed by atoms with Gasteiger partial charge in [-0.3, -0.25) is 0 Å². The van der Waals surface area contributed by atoms with Crippen LogP contribution in [0.25, 0.3) is 5.57 Å². The van der Waals surface area contributed by atoms with Gasteiger partial charge in [0.15, 0.2) is 0 Å². The van der Waals surface area contributed by atoms with Crippen LogP contribution in [0.5, 0.6) is 11.5 Å². The highest BCUT2D eigenvalue weighted by molar-refractivity contribution is 5.73. The first-order valence-electron chi connectivity index (χ1n) is 4.58. The molecule has 0 aromatic heterocycles. The molecule has 0 saturated carbocycles. The van der Waals surface area contributed by atoms with Gasteiger partial charge in [0, 0.05) is 0 Å². The Morgan fingerprint density at radius 3 is 2.00 bits per heavy atom. The lowest BCUT2D eigenvalue weighted by Crippen LogP contribution is -1.94. The molecule has 14 heavy (non-hydrogen) atoms. The average Bonchev–Trinajstić information content (AvgIpc) is 2.26. The Bertz CT molecular complexity index is 318. The first-order valence-corrected chi connectivity index (χ1v) is 4.58. The Morgan fingerprint density at radius 2 is 1.64 bits per heavy atom. The van der Waals surface area contributed by atoms with E-state index in [9.17, 15) is 0 Å². The van der Waals surface area contributed by atoms with E-state index in [1.165, 1.54) is 0 Å². The van der Waals surface area contributed by atoms with Crippen molar-refractivity contribution < 1.29 is 9.47 Å². The molecule has 0 aliphatic carbocycles. The first kappa shape index (κ1) is 10.6. The van der Waals surface area contributed by atoms with E-state index >= 15 is 0 Å². The third kappa shape index (κ3) is 1.90. The minimum atomic E-state index is 0.847. The highest BCUT2D eigenvalue weighted by atomic mass is 16.5. The van der Waals surface area contributed by atoms with E-state index in [0.29, 0.717) is 0 Å². The zero-order valence-corrected chi connectivity index (χ0v) is 9.13. The zero-order valence-electron chi connectivity index (χ0n) is 9.13. The van der Waals surface area contributed by atoms with Crippen LogP contribution in [0.15, 0.2) is 24.3 Å². The standard InChI is InChI=1S/C12H16O2/c1-5-9(2)12-10(13-3)7-6-8-11(12)14-4/h5-8H,1-4H3/b9-5+. The second kappa shape index (κ2) is 4.70. The SMILES string of the molecule is C/C=C(\C)c1c(OC)cccc1OC. The second-order valence-electron chi connectivity index (χ2n) is 3.01. The Kier molecular flexibility index (Phi) is 3.57. The van der Waals surface area contributed by atoms with Crippen molar-refractivity contribution in [3.05, 3.63) is 29.8 Å². The third-order valence-electron chi connectivity index (χ3n) is 2.26. The molecule has 0 aliphatic heterocycles. The van der Waals surface area contributed by atoms with Crippen molar-refractivity contribution in [1.29, 1.82) is 0 Å². The molecule has 1 rings (SSSR count). The van der Waals surface area contributed by atoms with Crippen LogP contribution in [0.1, 0.15) is 19.4 Å². The van der Waals surface area contributed by atoms with Gasteiger partial charge < -0.3 is 9.47 Å². The van der Waals surface area contributed by atoms with Crippen LogP contribution in [0.2, 0.25) is 0 Å². The lowest BCUT2D eigenvalue weighted by Gasteiger charge is -2.12. The van der Waals surface area contributed by atoms with Crippen molar-refractivity contribution >= 4 is 5.57 Å². The van der Waals surface area contributed by atoms with E-state index in [2.05, 4.69) is 0 Å². The van der Waals surface area contributed by atoms with Crippen LogP contribution in [0, 0.1) is 0 Å². The lowest BCUT2D eigenvalue weighted by atomic mass is 10.1. The summed E-state index contributed by atoms with van der Waals surface area (Å²) in [6.45, 7) is 4.04. The maximum Gasteiger partial charge on any atom is 0.130 e. The van der Waals surface area contributed by atoms with Crippen LogP contribution < -0.4 is 9.47 Å². The molecular weight excluding hydrogens is 176 g/mol. The number of methoxy groups -OCH3 is 2. The summed E-state index contributed by atoms with van der Waals surface area (Å²) in [4.78, 5) is 0. The molecule has 0 heterocycles. The van der Waals surface area contributed by atoms with Gasteiger partial charge in [0.05, 0.1) is 19.8 Å². The lowest BCUT2D eigenvalue weighted by molar-refractivity contribution is 0.392. The van der Waals surface area contributed by atoms with E-state index in [1.54, 1.807) is 14.2 Å². The van der Waals surface area contributed by atoms with Crippen molar-refractivity contribution in [1.82, 2.24) is 0 Å². The van der Waals surface area contributed by atoms with Gasteiger partial charge in [-0.05, 0) is 31.6 Å². The average molecular weight is 192 g/mol. The summed E-state index contributed by atoms with van der Waals surface area (Å²) >= 11 is 0. The van der Waals surface area contributed by atoms with Crippen molar-refractivity contribution in [3.63, 3.8) is 0 Å². The van der Waals surface area contributed by atoms with Gasteiger partial charge in [0.25, 0.3) is 0 Å². The number of ether oxygens (including phenoxy) is 2. The predicted molar refractivity (Wildman–Crippen MR) is 58.9 cm³/mol. The molecule has 0 amide bonds. The maximum atomic E-state index is 5.29. The molecule has 2 nitrogen and oxygen atoms in total. The van der Waals surface area contributed by atoms with Crippen molar-refractivity contribution in [2.24, 2.45) is 0 Å². The van der Waals surface area contributed by atoms with Gasteiger partial charge in [-0.2, -0.15) is 0 Å². The van der Waals surface area contributed by atoms with Crippen LogP contribution in [0.4, 0.5) is 0 Å². The molecule has 0 saturated heterocycles. The van der Waals surface area contributed by atoms with Crippen LogP contribution >= 0.6 is 0 Å². The van der Waals surface area contributed by atoms with E-state index < -0.39 is 0 Å². The second-order valence-corrected chi connectivity index (χ2v) is 3.01. The molecule has 0 aliphatic rings. The fourth-order valence-corrected chi connectivity index (χ4v) is 1.38. The molecule has 2 heteroatoms. The smallest absolute Gasteiger partial charge is 0.130 e. The highest BCUT2D eigenvalue weighted by Crippen LogP contribution is 2.34. The number of hydrogen-bond acceptors (Lipinski definition) is 2. The van der Waals surface area contributed by atoms with Crippen LogP contribution in [-0.2, 0) is 0 Å². The molecule has 0 bridgehead atoms. The molecule has 1 aromatic rings. The number of rotatable bonds is 3. The first-order chi connectivity index (χ1) is 6.74. The Morgan fingerprint density at radius 1 is 1.14 bits per heavy atom. The quantitative estimate of drug-likeness (QED) is 0.732. The van der Waals surface area contributed by atoms with E-state index in [-0.39, 0.29) is 0 Å². The summed E-state index contributed by atoms with van der Waals surface area (Å²) < 4.78 is 10.6. The van der Waals surface area contributed by atoms with E-state index in [0.717, 1.165) is 22.6 Å². The minimum Gasteiger partial charge on any atom is -0.496 e. The topological polar surface area (TPSA) is 18.5 Å². The largest absolute Gasteiger partial charge is 0.496 e.